The number of ether oxygens (including phenoxy) is 2. The molecule has 1 fully saturated rings. The van der Waals surface area contributed by atoms with Gasteiger partial charge in [0.1, 0.15) is 12.7 Å². The minimum Gasteiger partial charge on any atom is -0.492 e. The van der Waals surface area contributed by atoms with Crippen LogP contribution in [0.4, 0.5) is 4.39 Å². The van der Waals surface area contributed by atoms with Crippen LogP contribution in [0.25, 0.3) is 0 Å². The highest BCUT2D eigenvalue weighted by Crippen LogP contribution is 2.26. The lowest BCUT2D eigenvalue weighted by Crippen LogP contribution is -2.47. The van der Waals surface area contributed by atoms with Crippen LogP contribution in [0.3, 0.4) is 0 Å². The van der Waals surface area contributed by atoms with Gasteiger partial charge in [0.05, 0.1) is 18.2 Å². The summed E-state index contributed by atoms with van der Waals surface area (Å²) in [7, 11) is 1.39. The normalized spacial score (nSPS) is 16.6. The molecule has 2 heterocycles. The first-order valence-electron chi connectivity index (χ1n) is 10.6. The SMILES string of the molecule is COc1c(C#N)ccc(CCN2CCN(CCc3ccc4c(c3)COC4=O)CC2)c1F. The van der Waals surface area contributed by atoms with Crippen molar-refractivity contribution >= 4 is 5.97 Å². The van der Waals surface area contributed by atoms with Crippen molar-refractivity contribution in [1.29, 1.82) is 5.26 Å². The molecule has 2 aliphatic heterocycles. The number of hydrogen-bond acceptors (Lipinski definition) is 6. The number of hydrogen-bond donors (Lipinski definition) is 0. The number of cyclic esters (lactones) is 1. The summed E-state index contributed by atoms with van der Waals surface area (Å²) >= 11 is 0. The summed E-state index contributed by atoms with van der Waals surface area (Å²) in [6, 6.07) is 11.2. The number of rotatable bonds is 7. The van der Waals surface area contributed by atoms with E-state index >= 15 is 0 Å². The highest BCUT2D eigenvalue weighted by Gasteiger charge is 2.22. The summed E-state index contributed by atoms with van der Waals surface area (Å²) in [5, 5.41) is 9.06. The molecule has 0 amide bonds. The molecule has 4 rings (SSSR count). The zero-order chi connectivity index (χ0) is 21.8. The van der Waals surface area contributed by atoms with E-state index in [4.69, 9.17) is 14.7 Å². The molecule has 0 bridgehead atoms. The van der Waals surface area contributed by atoms with Crippen LogP contribution in [-0.2, 0) is 24.2 Å². The zero-order valence-corrected chi connectivity index (χ0v) is 17.7. The van der Waals surface area contributed by atoms with E-state index in [1.807, 2.05) is 18.2 Å². The van der Waals surface area contributed by atoms with Crippen molar-refractivity contribution in [2.24, 2.45) is 0 Å². The molecule has 1 saturated heterocycles. The minimum atomic E-state index is -0.429. The summed E-state index contributed by atoms with van der Waals surface area (Å²) in [5.41, 5.74) is 3.70. The number of fused-ring (bicyclic) bond motifs is 1. The summed E-state index contributed by atoms with van der Waals surface area (Å²) in [6.07, 6.45) is 1.53. The lowest BCUT2D eigenvalue weighted by atomic mass is 10.0. The van der Waals surface area contributed by atoms with Crippen LogP contribution < -0.4 is 4.74 Å². The molecule has 0 radical (unpaired) electrons. The average Bonchev–Trinajstić information content (AvgIpc) is 3.17. The van der Waals surface area contributed by atoms with Gasteiger partial charge in [-0.3, -0.25) is 0 Å². The van der Waals surface area contributed by atoms with Gasteiger partial charge in [0, 0.05) is 44.8 Å². The largest absolute Gasteiger partial charge is 0.492 e. The van der Waals surface area contributed by atoms with Crippen LogP contribution in [0.2, 0.25) is 0 Å². The first kappa shape index (κ1) is 21.3. The Balaban J connectivity index is 1.23. The second-order valence-electron chi connectivity index (χ2n) is 7.98. The van der Waals surface area contributed by atoms with Crippen molar-refractivity contribution in [3.05, 3.63) is 64.0 Å². The van der Waals surface area contributed by atoms with Gasteiger partial charge in [-0.25, -0.2) is 9.18 Å². The molecular weight excluding hydrogens is 397 g/mol. The maximum absolute atomic E-state index is 14.6. The molecule has 0 saturated carbocycles. The standard InChI is InChI=1S/C24H26FN3O3/c1-30-23-19(15-26)4-3-18(22(23)25)7-9-28-12-10-27(11-13-28)8-6-17-2-5-21-20(14-17)16-31-24(21)29/h2-5,14H,6-13,16H2,1H3. The van der Waals surface area contributed by atoms with Crippen molar-refractivity contribution in [3.63, 3.8) is 0 Å². The Labute approximate surface area is 181 Å². The second-order valence-corrected chi connectivity index (χ2v) is 7.98. The number of methoxy groups -OCH3 is 1. The van der Waals surface area contributed by atoms with Crippen molar-refractivity contribution in [3.8, 4) is 11.8 Å². The van der Waals surface area contributed by atoms with Gasteiger partial charge in [0.25, 0.3) is 0 Å². The number of piperazine rings is 1. The number of nitriles is 1. The lowest BCUT2D eigenvalue weighted by molar-refractivity contribution is 0.0535. The number of carbonyl (C=O) groups is 1. The van der Waals surface area contributed by atoms with Gasteiger partial charge in [0.2, 0.25) is 0 Å². The van der Waals surface area contributed by atoms with Crippen LogP contribution in [0.15, 0.2) is 30.3 Å². The molecular formula is C24H26FN3O3. The fraction of sp³-hybridized carbons (Fsp3) is 0.417. The molecule has 0 unspecified atom stereocenters. The molecule has 2 aromatic carbocycles. The number of esters is 1. The Bertz CT molecular complexity index is 1010. The smallest absolute Gasteiger partial charge is 0.338 e. The van der Waals surface area contributed by atoms with Crippen molar-refractivity contribution in [2.45, 2.75) is 19.4 Å². The third kappa shape index (κ3) is 4.71. The molecule has 31 heavy (non-hydrogen) atoms. The van der Waals surface area contributed by atoms with Crippen molar-refractivity contribution < 1.29 is 18.7 Å². The lowest BCUT2D eigenvalue weighted by Gasteiger charge is -2.34. The number of nitrogens with zero attached hydrogens (tertiary/aromatic N) is 3. The van der Waals surface area contributed by atoms with E-state index in [9.17, 15) is 9.18 Å². The summed E-state index contributed by atoms with van der Waals surface area (Å²) in [6.45, 7) is 5.98. The Kier molecular flexibility index (Phi) is 6.50. The van der Waals surface area contributed by atoms with Crippen molar-refractivity contribution in [2.75, 3.05) is 46.4 Å². The Hall–Kier alpha value is -2.95. The van der Waals surface area contributed by atoms with Crippen molar-refractivity contribution in [1.82, 2.24) is 9.80 Å². The molecule has 0 aromatic heterocycles. The molecule has 2 aliphatic rings. The van der Waals surface area contributed by atoms with Crippen LogP contribution in [0.1, 0.15) is 32.6 Å². The third-order valence-corrected chi connectivity index (χ3v) is 6.13. The van der Waals surface area contributed by atoms with Gasteiger partial charge < -0.3 is 19.3 Å². The van der Waals surface area contributed by atoms with Gasteiger partial charge in [-0.15, -0.1) is 0 Å². The first-order valence-corrected chi connectivity index (χ1v) is 10.6. The minimum absolute atomic E-state index is 0.0345. The molecule has 2 aromatic rings. The number of halogens is 1. The maximum atomic E-state index is 14.6. The number of benzene rings is 2. The highest BCUT2D eigenvalue weighted by molar-refractivity contribution is 5.93. The van der Waals surface area contributed by atoms with Gasteiger partial charge >= 0.3 is 5.97 Å². The topological polar surface area (TPSA) is 65.8 Å². The van der Waals surface area contributed by atoms with Crippen LogP contribution in [0.5, 0.6) is 5.75 Å². The van der Waals surface area contributed by atoms with Gasteiger partial charge in [-0.05, 0) is 36.1 Å². The van der Waals surface area contributed by atoms with Gasteiger partial charge in [0.15, 0.2) is 11.6 Å². The average molecular weight is 423 g/mol. The van der Waals surface area contributed by atoms with E-state index in [0.29, 0.717) is 24.2 Å². The Morgan fingerprint density at radius 3 is 2.48 bits per heavy atom. The quantitative estimate of drug-likeness (QED) is 0.638. The molecule has 0 N–H and O–H groups in total. The van der Waals surface area contributed by atoms with Crippen LogP contribution >= 0.6 is 0 Å². The van der Waals surface area contributed by atoms with Gasteiger partial charge in [-0.1, -0.05) is 18.2 Å². The number of carbonyl (C=O) groups excluding carboxylic acids is 1. The van der Waals surface area contributed by atoms with E-state index < -0.39 is 5.82 Å². The third-order valence-electron chi connectivity index (χ3n) is 6.13. The fourth-order valence-corrected chi connectivity index (χ4v) is 4.22. The summed E-state index contributed by atoms with van der Waals surface area (Å²) in [5.74, 6) is -0.620. The van der Waals surface area contributed by atoms with E-state index in [0.717, 1.165) is 51.3 Å². The van der Waals surface area contributed by atoms with Crippen LogP contribution in [0, 0.1) is 17.1 Å². The zero-order valence-electron chi connectivity index (χ0n) is 17.7. The van der Waals surface area contributed by atoms with E-state index in [-0.39, 0.29) is 17.3 Å². The van der Waals surface area contributed by atoms with E-state index in [1.165, 1.54) is 12.7 Å². The summed E-state index contributed by atoms with van der Waals surface area (Å²) < 4.78 is 24.7. The van der Waals surface area contributed by atoms with Gasteiger partial charge in [-0.2, -0.15) is 5.26 Å². The molecule has 0 spiro atoms. The molecule has 0 atom stereocenters. The molecule has 6 nitrogen and oxygen atoms in total. The maximum Gasteiger partial charge on any atom is 0.338 e. The molecule has 7 heteroatoms. The first-order chi connectivity index (χ1) is 15.1. The Morgan fingerprint density at radius 1 is 1.10 bits per heavy atom. The van der Waals surface area contributed by atoms with E-state index in [2.05, 4.69) is 15.9 Å². The fourth-order valence-electron chi connectivity index (χ4n) is 4.22. The molecule has 162 valence electrons. The molecule has 0 aliphatic carbocycles. The predicted molar refractivity (Wildman–Crippen MR) is 114 cm³/mol. The monoisotopic (exact) mass is 423 g/mol. The van der Waals surface area contributed by atoms with Crippen LogP contribution in [-0.4, -0.2) is 62.1 Å². The van der Waals surface area contributed by atoms with E-state index in [1.54, 1.807) is 12.1 Å². The predicted octanol–water partition coefficient (Wildman–Crippen LogP) is 2.78. The highest BCUT2D eigenvalue weighted by atomic mass is 19.1. The second kappa shape index (κ2) is 9.46. The summed E-state index contributed by atoms with van der Waals surface area (Å²) in [4.78, 5) is 16.3. The Morgan fingerprint density at radius 2 is 1.81 bits per heavy atom.